The molecule has 1 aromatic carbocycles. The first-order valence-electron chi connectivity index (χ1n) is 10.9. The van der Waals surface area contributed by atoms with Crippen LogP contribution in [0.15, 0.2) is 46.6 Å². The van der Waals surface area contributed by atoms with Gasteiger partial charge in [-0.2, -0.15) is 0 Å². The lowest BCUT2D eigenvalue weighted by atomic mass is 9.99. The van der Waals surface area contributed by atoms with Gasteiger partial charge in [-0.1, -0.05) is 25.4 Å². The lowest BCUT2D eigenvalue weighted by Gasteiger charge is -2.25. The summed E-state index contributed by atoms with van der Waals surface area (Å²) in [4.78, 5) is 29.6. The summed E-state index contributed by atoms with van der Waals surface area (Å²) in [5.41, 5.74) is 0.323. The number of hydrogen-bond donors (Lipinski definition) is 1. The summed E-state index contributed by atoms with van der Waals surface area (Å²) in [6.45, 7) is 9.45. The molecule has 32 heavy (non-hydrogen) atoms. The second kappa shape index (κ2) is 10.7. The molecular weight excluding hydrogens is 432 g/mol. The third-order valence-electron chi connectivity index (χ3n) is 5.63. The first-order valence-corrected chi connectivity index (χ1v) is 11.3. The maximum atomic E-state index is 13.0. The molecular formula is C24H29ClN2O5. The van der Waals surface area contributed by atoms with Crippen molar-refractivity contribution in [1.29, 1.82) is 0 Å². The van der Waals surface area contributed by atoms with Gasteiger partial charge in [0.05, 0.1) is 23.5 Å². The summed E-state index contributed by atoms with van der Waals surface area (Å²) in [5.74, 6) is -0.780. The lowest BCUT2D eigenvalue weighted by Crippen LogP contribution is -2.33. The first kappa shape index (κ1) is 23.9. The van der Waals surface area contributed by atoms with Gasteiger partial charge in [-0.3, -0.25) is 9.59 Å². The maximum Gasteiger partial charge on any atom is 0.295 e. The number of likely N-dealkylation sites (tertiary alicyclic amines) is 1. The molecule has 2 heterocycles. The molecule has 8 heteroatoms. The van der Waals surface area contributed by atoms with Gasteiger partial charge in [-0.05, 0) is 63.3 Å². The van der Waals surface area contributed by atoms with E-state index < -0.39 is 17.7 Å². The minimum Gasteiger partial charge on any atom is -0.507 e. The van der Waals surface area contributed by atoms with E-state index in [1.54, 1.807) is 24.3 Å². The van der Waals surface area contributed by atoms with Crippen LogP contribution in [0.4, 0.5) is 0 Å². The Kier molecular flexibility index (Phi) is 7.99. The third-order valence-corrected chi connectivity index (χ3v) is 5.92. The predicted molar refractivity (Wildman–Crippen MR) is 123 cm³/mol. The third kappa shape index (κ3) is 4.84. The largest absolute Gasteiger partial charge is 0.507 e. The molecule has 1 aliphatic heterocycles. The minimum absolute atomic E-state index is 0.00647. The van der Waals surface area contributed by atoms with Crippen LogP contribution in [0, 0.1) is 0 Å². The molecule has 1 saturated heterocycles. The summed E-state index contributed by atoms with van der Waals surface area (Å²) in [7, 11) is 0. The highest BCUT2D eigenvalue weighted by atomic mass is 35.5. The van der Waals surface area contributed by atoms with Crippen molar-refractivity contribution in [3.63, 3.8) is 0 Å². The number of halogens is 1. The van der Waals surface area contributed by atoms with Crippen LogP contribution in [-0.4, -0.2) is 59.4 Å². The average Bonchev–Trinajstić information content (AvgIpc) is 3.40. The van der Waals surface area contributed by atoms with Crippen LogP contribution in [0.2, 0.25) is 5.02 Å². The van der Waals surface area contributed by atoms with Crippen LogP contribution in [-0.2, 0) is 9.59 Å². The molecule has 1 N–H and O–H groups in total. The van der Waals surface area contributed by atoms with Crippen molar-refractivity contribution in [3.8, 4) is 5.75 Å². The first-order chi connectivity index (χ1) is 15.4. The molecule has 1 atom stereocenters. The van der Waals surface area contributed by atoms with Crippen molar-refractivity contribution in [1.82, 2.24) is 9.80 Å². The second-order valence-corrected chi connectivity index (χ2v) is 7.87. The Morgan fingerprint density at radius 2 is 1.97 bits per heavy atom. The standard InChI is InChI=1S/C24H29ClN2O5/c1-4-26(5-2)12-8-13-27-21(19-9-7-14-32-19)20(23(29)24(27)30)22(28)16-10-11-18(31-6-3)17(25)15-16/h7,9-11,14-15,21,28H,4-6,8,12-13H2,1-3H3/b22-20+/t21-/m0/s1. The molecule has 1 fully saturated rings. The van der Waals surface area contributed by atoms with Gasteiger partial charge in [-0.15, -0.1) is 0 Å². The predicted octanol–water partition coefficient (Wildman–Crippen LogP) is 4.49. The number of aliphatic hydroxyl groups is 1. The van der Waals surface area contributed by atoms with Crippen molar-refractivity contribution < 1.29 is 23.8 Å². The number of hydrogen-bond acceptors (Lipinski definition) is 6. The normalized spacial score (nSPS) is 18.0. The number of benzene rings is 1. The van der Waals surface area contributed by atoms with Crippen LogP contribution >= 0.6 is 11.6 Å². The van der Waals surface area contributed by atoms with Crippen molar-refractivity contribution in [3.05, 3.63) is 58.5 Å². The number of rotatable bonds is 10. The van der Waals surface area contributed by atoms with Gasteiger partial charge in [-0.25, -0.2) is 0 Å². The van der Waals surface area contributed by atoms with E-state index in [0.29, 0.717) is 41.7 Å². The van der Waals surface area contributed by atoms with Gasteiger partial charge in [0.25, 0.3) is 11.7 Å². The molecule has 1 aromatic heterocycles. The van der Waals surface area contributed by atoms with E-state index in [4.69, 9.17) is 20.8 Å². The second-order valence-electron chi connectivity index (χ2n) is 7.47. The maximum absolute atomic E-state index is 13.0. The van der Waals surface area contributed by atoms with E-state index in [9.17, 15) is 14.7 Å². The molecule has 0 saturated carbocycles. The Hall–Kier alpha value is -2.77. The fourth-order valence-corrected chi connectivity index (χ4v) is 4.17. The van der Waals surface area contributed by atoms with E-state index in [2.05, 4.69) is 18.7 Å². The SMILES string of the molecule is CCOc1ccc(/C(O)=C2\C(=O)C(=O)N(CCCN(CC)CC)[C@H]2c2ccco2)cc1Cl. The quantitative estimate of drug-likeness (QED) is 0.319. The van der Waals surface area contributed by atoms with E-state index in [0.717, 1.165) is 19.6 Å². The van der Waals surface area contributed by atoms with Crippen LogP contribution in [0.25, 0.3) is 5.76 Å². The molecule has 7 nitrogen and oxygen atoms in total. The molecule has 172 valence electrons. The van der Waals surface area contributed by atoms with Crippen molar-refractivity contribution >= 4 is 29.1 Å². The summed E-state index contributed by atoms with van der Waals surface area (Å²) >= 11 is 6.27. The van der Waals surface area contributed by atoms with E-state index in [-0.39, 0.29) is 11.3 Å². The summed E-state index contributed by atoms with van der Waals surface area (Å²) in [6.07, 6.45) is 2.18. The highest BCUT2D eigenvalue weighted by Gasteiger charge is 2.47. The molecule has 3 rings (SSSR count). The van der Waals surface area contributed by atoms with E-state index in [1.807, 2.05) is 6.92 Å². The molecule has 1 amide bonds. The number of aliphatic hydroxyl groups excluding tert-OH is 1. The zero-order chi connectivity index (χ0) is 23.3. The Bertz CT molecular complexity index is 982. The number of carbonyl (C=O) groups excluding carboxylic acids is 2. The van der Waals surface area contributed by atoms with Gasteiger partial charge >= 0.3 is 0 Å². The van der Waals surface area contributed by atoms with Gasteiger partial charge < -0.3 is 24.1 Å². The number of ether oxygens (including phenoxy) is 1. The monoisotopic (exact) mass is 460 g/mol. The van der Waals surface area contributed by atoms with Gasteiger partial charge in [0.15, 0.2) is 0 Å². The Balaban J connectivity index is 1.97. The smallest absolute Gasteiger partial charge is 0.295 e. The topological polar surface area (TPSA) is 83.2 Å². The summed E-state index contributed by atoms with van der Waals surface area (Å²) in [5, 5.41) is 11.4. The number of nitrogens with zero attached hydrogens (tertiary/aromatic N) is 2. The highest BCUT2D eigenvalue weighted by molar-refractivity contribution is 6.46. The number of furan rings is 1. The lowest BCUT2D eigenvalue weighted by molar-refractivity contribution is -0.140. The molecule has 0 spiro atoms. The summed E-state index contributed by atoms with van der Waals surface area (Å²) in [6, 6.07) is 7.36. The van der Waals surface area contributed by atoms with Crippen LogP contribution in [0.1, 0.15) is 44.6 Å². The molecule has 0 aliphatic carbocycles. The molecule has 2 aromatic rings. The van der Waals surface area contributed by atoms with Crippen molar-refractivity contribution in [2.24, 2.45) is 0 Å². The Morgan fingerprint density at radius 1 is 1.22 bits per heavy atom. The van der Waals surface area contributed by atoms with Crippen molar-refractivity contribution in [2.45, 2.75) is 33.2 Å². The number of ketones is 1. The minimum atomic E-state index is -0.799. The molecule has 0 bridgehead atoms. The van der Waals surface area contributed by atoms with E-state index >= 15 is 0 Å². The number of Topliss-reactive ketones (excluding diaryl/α,β-unsaturated/α-hetero) is 1. The Morgan fingerprint density at radius 3 is 2.56 bits per heavy atom. The Labute approximate surface area is 193 Å². The number of carbonyl (C=O) groups is 2. The molecule has 0 radical (unpaired) electrons. The van der Waals surface area contributed by atoms with Gasteiger partial charge in [0, 0.05) is 12.1 Å². The zero-order valence-corrected chi connectivity index (χ0v) is 19.4. The van der Waals surface area contributed by atoms with Crippen LogP contribution < -0.4 is 4.74 Å². The van der Waals surface area contributed by atoms with E-state index in [1.165, 1.54) is 17.2 Å². The van der Waals surface area contributed by atoms with Gasteiger partial charge in [0.2, 0.25) is 0 Å². The summed E-state index contributed by atoms with van der Waals surface area (Å²) < 4.78 is 11.0. The molecule has 0 unspecified atom stereocenters. The zero-order valence-electron chi connectivity index (χ0n) is 18.6. The van der Waals surface area contributed by atoms with Crippen LogP contribution in [0.3, 0.4) is 0 Å². The molecule has 1 aliphatic rings. The van der Waals surface area contributed by atoms with Crippen LogP contribution in [0.5, 0.6) is 5.75 Å². The number of amides is 1. The highest BCUT2D eigenvalue weighted by Crippen LogP contribution is 2.40. The average molecular weight is 461 g/mol. The van der Waals surface area contributed by atoms with Gasteiger partial charge in [0.1, 0.15) is 23.3 Å². The fourth-order valence-electron chi connectivity index (χ4n) is 3.93. The fraction of sp³-hybridized carbons (Fsp3) is 0.417. The van der Waals surface area contributed by atoms with Crippen molar-refractivity contribution in [2.75, 3.05) is 32.8 Å².